The lowest BCUT2D eigenvalue weighted by molar-refractivity contribution is -0.124. The average molecular weight is 415 g/mol. The average Bonchev–Trinajstić information content (AvgIpc) is 3.26. The van der Waals surface area contributed by atoms with E-state index in [4.69, 9.17) is 5.73 Å². The van der Waals surface area contributed by atoms with Gasteiger partial charge in [0.1, 0.15) is 11.0 Å². The lowest BCUT2D eigenvalue weighted by atomic mass is 9.87. The molecule has 1 heterocycles. The highest BCUT2D eigenvalue weighted by atomic mass is 32.1. The van der Waals surface area contributed by atoms with Gasteiger partial charge in [0.25, 0.3) is 0 Å². The number of hydrogen-bond acceptors (Lipinski definition) is 5. The van der Waals surface area contributed by atoms with Gasteiger partial charge < -0.3 is 11.1 Å². The van der Waals surface area contributed by atoms with Gasteiger partial charge in [-0.1, -0.05) is 62.4 Å². The van der Waals surface area contributed by atoms with Crippen LogP contribution in [0.1, 0.15) is 55.1 Å². The molecular formula is C22H30N4O2S. The summed E-state index contributed by atoms with van der Waals surface area (Å²) in [5, 5.41) is 5.84. The van der Waals surface area contributed by atoms with Crippen molar-refractivity contribution in [1.82, 2.24) is 15.2 Å². The zero-order valence-corrected chi connectivity index (χ0v) is 17.6. The molecule has 1 unspecified atom stereocenters. The molecule has 29 heavy (non-hydrogen) atoms. The summed E-state index contributed by atoms with van der Waals surface area (Å²) in [6.45, 7) is 0.978. The lowest BCUT2D eigenvalue weighted by Crippen LogP contribution is -2.43. The van der Waals surface area contributed by atoms with Crippen molar-refractivity contribution in [3.05, 3.63) is 52.5 Å². The summed E-state index contributed by atoms with van der Waals surface area (Å²) in [5.41, 5.74) is 6.41. The topological polar surface area (TPSA) is 88.3 Å². The van der Waals surface area contributed by atoms with Gasteiger partial charge in [-0.25, -0.2) is 4.98 Å². The first-order valence-corrected chi connectivity index (χ1v) is 11.2. The molecular weight excluding hydrogens is 384 g/mol. The van der Waals surface area contributed by atoms with Gasteiger partial charge in [0.05, 0.1) is 13.1 Å². The molecule has 7 heteroatoms. The zero-order valence-electron chi connectivity index (χ0n) is 16.8. The maximum Gasteiger partial charge on any atom is 0.235 e. The van der Waals surface area contributed by atoms with Gasteiger partial charge in [0.2, 0.25) is 11.8 Å². The van der Waals surface area contributed by atoms with Crippen molar-refractivity contribution in [2.45, 2.75) is 44.6 Å². The highest BCUT2D eigenvalue weighted by Gasteiger charge is 2.22. The summed E-state index contributed by atoms with van der Waals surface area (Å²) >= 11 is 1.51. The zero-order chi connectivity index (χ0) is 20.5. The first-order valence-electron chi connectivity index (χ1n) is 10.4. The maximum absolute atomic E-state index is 12.8. The van der Waals surface area contributed by atoms with E-state index in [1.54, 1.807) is 6.20 Å². The van der Waals surface area contributed by atoms with Gasteiger partial charge in [-0.15, -0.1) is 11.3 Å². The first-order chi connectivity index (χ1) is 14.1. The molecule has 0 aliphatic heterocycles. The van der Waals surface area contributed by atoms with Gasteiger partial charge in [-0.3, -0.25) is 14.5 Å². The maximum atomic E-state index is 12.8. The number of rotatable bonds is 10. The monoisotopic (exact) mass is 414 g/mol. The van der Waals surface area contributed by atoms with E-state index in [1.165, 1.54) is 43.4 Å². The van der Waals surface area contributed by atoms with Gasteiger partial charge in [-0.2, -0.15) is 0 Å². The van der Waals surface area contributed by atoms with Crippen molar-refractivity contribution in [2.75, 3.05) is 19.6 Å². The lowest BCUT2D eigenvalue weighted by Gasteiger charge is -2.26. The van der Waals surface area contributed by atoms with Crippen LogP contribution in [0.4, 0.5) is 0 Å². The first kappa shape index (κ1) is 21.5. The van der Waals surface area contributed by atoms with E-state index in [0.717, 1.165) is 17.0 Å². The van der Waals surface area contributed by atoms with Crippen molar-refractivity contribution in [3.63, 3.8) is 0 Å². The number of carbonyl (C=O) groups is 2. The second-order valence-electron chi connectivity index (χ2n) is 7.75. The summed E-state index contributed by atoms with van der Waals surface area (Å²) in [6, 6.07) is 9.52. The number of hydrogen-bond donors (Lipinski definition) is 2. The molecule has 1 fully saturated rings. The van der Waals surface area contributed by atoms with Crippen LogP contribution in [0, 0.1) is 5.92 Å². The molecule has 0 spiro atoms. The number of aromatic nitrogens is 1. The summed E-state index contributed by atoms with van der Waals surface area (Å²) in [7, 11) is 0. The highest BCUT2D eigenvalue weighted by molar-refractivity contribution is 7.09. The molecule has 1 saturated carbocycles. The number of amides is 2. The largest absolute Gasteiger partial charge is 0.369 e. The highest BCUT2D eigenvalue weighted by Crippen LogP contribution is 2.26. The molecule has 3 N–H and O–H groups in total. The van der Waals surface area contributed by atoms with Gasteiger partial charge in [0.15, 0.2) is 0 Å². The van der Waals surface area contributed by atoms with Crippen LogP contribution in [-0.4, -0.2) is 41.3 Å². The number of benzene rings is 1. The molecule has 3 rings (SSSR count). The van der Waals surface area contributed by atoms with Crippen molar-refractivity contribution < 1.29 is 9.59 Å². The Labute approximate surface area is 176 Å². The van der Waals surface area contributed by atoms with Crippen molar-refractivity contribution in [3.8, 4) is 0 Å². The fourth-order valence-corrected chi connectivity index (χ4v) is 4.71. The molecule has 2 amide bonds. The quantitative estimate of drug-likeness (QED) is 0.625. The Morgan fingerprint density at radius 3 is 2.59 bits per heavy atom. The Kier molecular flexibility index (Phi) is 8.19. The molecule has 156 valence electrons. The number of primary amides is 1. The minimum atomic E-state index is -0.402. The summed E-state index contributed by atoms with van der Waals surface area (Å²) in [4.78, 5) is 30.6. The molecule has 1 aromatic heterocycles. The number of thiazole rings is 1. The van der Waals surface area contributed by atoms with E-state index < -0.39 is 5.91 Å². The van der Waals surface area contributed by atoms with Crippen LogP contribution >= 0.6 is 11.3 Å². The minimum Gasteiger partial charge on any atom is -0.369 e. The van der Waals surface area contributed by atoms with Gasteiger partial charge in [-0.05, 0) is 24.4 Å². The van der Waals surface area contributed by atoms with E-state index in [0.29, 0.717) is 12.5 Å². The van der Waals surface area contributed by atoms with Gasteiger partial charge >= 0.3 is 0 Å². The van der Waals surface area contributed by atoms with Crippen LogP contribution < -0.4 is 11.1 Å². The van der Waals surface area contributed by atoms with E-state index >= 15 is 0 Å². The fourth-order valence-electron chi connectivity index (χ4n) is 4.00. The molecule has 0 bridgehead atoms. The molecule has 6 nitrogen and oxygen atoms in total. The Hall–Kier alpha value is -2.25. The minimum absolute atomic E-state index is 0.105. The van der Waals surface area contributed by atoms with E-state index in [9.17, 15) is 9.59 Å². The van der Waals surface area contributed by atoms with Crippen LogP contribution in [0.5, 0.6) is 0 Å². The van der Waals surface area contributed by atoms with E-state index in [1.807, 2.05) is 40.6 Å². The second-order valence-corrected chi connectivity index (χ2v) is 8.68. The Morgan fingerprint density at radius 2 is 1.93 bits per heavy atom. The smallest absolute Gasteiger partial charge is 0.235 e. The van der Waals surface area contributed by atoms with E-state index in [2.05, 4.69) is 10.3 Å². The third kappa shape index (κ3) is 6.94. The van der Waals surface area contributed by atoms with E-state index in [-0.39, 0.29) is 25.0 Å². The van der Waals surface area contributed by atoms with Gasteiger partial charge in [0, 0.05) is 11.6 Å². The van der Waals surface area contributed by atoms with Crippen LogP contribution in [0.25, 0.3) is 0 Å². The number of nitrogens with zero attached hydrogens (tertiary/aromatic N) is 2. The second kappa shape index (κ2) is 11.1. The SMILES string of the molecule is NC(=O)CN(CCC1CCCCC1)CC(=O)NC(c1ccccc1)c1nccs1. The van der Waals surface area contributed by atoms with Crippen LogP contribution in [-0.2, 0) is 9.59 Å². The third-order valence-corrected chi connectivity index (χ3v) is 6.30. The number of nitrogens with two attached hydrogens (primary N) is 1. The molecule has 0 radical (unpaired) electrons. The number of nitrogens with one attached hydrogen (secondary N) is 1. The van der Waals surface area contributed by atoms with Crippen molar-refractivity contribution in [2.24, 2.45) is 11.7 Å². The molecule has 1 atom stereocenters. The number of carbonyl (C=O) groups excluding carboxylic acids is 2. The predicted molar refractivity (Wildman–Crippen MR) is 115 cm³/mol. The summed E-state index contributed by atoms with van der Waals surface area (Å²) < 4.78 is 0. The molecule has 2 aromatic rings. The summed E-state index contributed by atoms with van der Waals surface area (Å²) in [5.74, 6) is 0.162. The summed E-state index contributed by atoms with van der Waals surface area (Å²) in [6.07, 6.45) is 9.14. The fraction of sp³-hybridized carbons (Fsp3) is 0.500. The Bertz CT molecular complexity index is 760. The predicted octanol–water partition coefficient (Wildman–Crippen LogP) is 3.11. The molecule has 1 aliphatic carbocycles. The normalized spacial score (nSPS) is 15.9. The van der Waals surface area contributed by atoms with Crippen molar-refractivity contribution >= 4 is 23.2 Å². The Balaban J connectivity index is 1.61. The molecule has 1 aliphatic rings. The van der Waals surface area contributed by atoms with Crippen molar-refractivity contribution in [1.29, 1.82) is 0 Å². The van der Waals surface area contributed by atoms with Crippen LogP contribution in [0.3, 0.4) is 0 Å². The van der Waals surface area contributed by atoms with Crippen LogP contribution in [0.15, 0.2) is 41.9 Å². The van der Waals surface area contributed by atoms with Crippen LogP contribution in [0.2, 0.25) is 0 Å². The third-order valence-electron chi connectivity index (χ3n) is 5.46. The Morgan fingerprint density at radius 1 is 1.17 bits per heavy atom. The standard InChI is InChI=1S/C22H30N4O2S/c23-19(27)15-26(13-11-17-7-3-1-4-8-17)16-20(28)25-21(22-24-12-14-29-22)18-9-5-2-6-10-18/h2,5-6,9-10,12,14,17,21H,1,3-4,7-8,11,13,15-16H2,(H2,23,27)(H,25,28). The molecule has 1 aromatic carbocycles. The molecule has 0 saturated heterocycles.